The van der Waals surface area contributed by atoms with Crippen molar-refractivity contribution in [2.45, 2.75) is 58.5 Å². The summed E-state index contributed by atoms with van der Waals surface area (Å²) in [5.74, 6) is 0.828. The molecule has 7 heteroatoms. The number of carbonyl (C=O) groups is 1. The van der Waals surface area contributed by atoms with Crippen LogP contribution in [-0.2, 0) is 19.5 Å². The molecule has 0 saturated carbocycles. The lowest BCUT2D eigenvalue weighted by Gasteiger charge is -2.24. The van der Waals surface area contributed by atoms with E-state index in [9.17, 15) is 9.59 Å². The Hall–Kier alpha value is -2.67. The highest BCUT2D eigenvalue weighted by atomic mass is 32.1. The molecule has 0 unspecified atom stereocenters. The van der Waals surface area contributed by atoms with Crippen LogP contribution in [0, 0.1) is 6.92 Å². The molecule has 2 aliphatic rings. The normalized spacial score (nSPS) is 16.2. The molecule has 0 N–H and O–H groups in total. The Morgan fingerprint density at radius 3 is 2.66 bits per heavy atom. The molecule has 1 saturated heterocycles. The summed E-state index contributed by atoms with van der Waals surface area (Å²) in [7, 11) is 1.85. The predicted octanol–water partition coefficient (Wildman–Crippen LogP) is 4.37. The summed E-state index contributed by atoms with van der Waals surface area (Å²) in [4.78, 5) is 37.0. The lowest BCUT2D eigenvalue weighted by Crippen LogP contribution is -2.28. The van der Waals surface area contributed by atoms with Crippen molar-refractivity contribution < 1.29 is 4.79 Å². The highest BCUT2D eigenvalue weighted by molar-refractivity contribution is 7.20. The Morgan fingerprint density at radius 1 is 1.09 bits per heavy atom. The van der Waals surface area contributed by atoms with Crippen LogP contribution in [0.2, 0.25) is 0 Å². The quantitative estimate of drug-likeness (QED) is 0.592. The monoisotopic (exact) mass is 450 g/mol. The van der Waals surface area contributed by atoms with E-state index >= 15 is 0 Å². The molecule has 1 amide bonds. The zero-order valence-corrected chi connectivity index (χ0v) is 19.7. The SMILES string of the molecule is Cc1c(C(=O)N(C)Cc2ccccc2N2CCCC2)sc2nc3n(c(=O)c12)CCCCC3. The van der Waals surface area contributed by atoms with E-state index in [4.69, 9.17) is 4.98 Å². The highest BCUT2D eigenvalue weighted by Crippen LogP contribution is 2.31. The second-order valence-corrected chi connectivity index (χ2v) is 10.0. The maximum absolute atomic E-state index is 13.4. The summed E-state index contributed by atoms with van der Waals surface area (Å²) in [5.41, 5.74) is 3.17. The molecule has 0 bridgehead atoms. The van der Waals surface area contributed by atoms with E-state index in [1.165, 1.54) is 29.9 Å². The molecule has 0 aliphatic carbocycles. The molecule has 0 atom stereocenters. The molecule has 1 fully saturated rings. The first-order valence-electron chi connectivity index (χ1n) is 11.7. The van der Waals surface area contributed by atoms with E-state index in [-0.39, 0.29) is 11.5 Å². The number of anilines is 1. The molecule has 4 heterocycles. The van der Waals surface area contributed by atoms with Crippen molar-refractivity contribution in [2.75, 3.05) is 25.0 Å². The van der Waals surface area contributed by atoms with Crippen molar-refractivity contribution in [3.63, 3.8) is 0 Å². The molecular formula is C25H30N4O2S. The number of aromatic nitrogens is 2. The molecule has 32 heavy (non-hydrogen) atoms. The fourth-order valence-corrected chi connectivity index (χ4v) is 6.21. The highest BCUT2D eigenvalue weighted by Gasteiger charge is 2.25. The summed E-state index contributed by atoms with van der Waals surface area (Å²) in [6, 6.07) is 8.37. The third-order valence-corrected chi connectivity index (χ3v) is 7.97. The number of aryl methyl sites for hydroxylation is 2. The Labute approximate surface area is 192 Å². The van der Waals surface area contributed by atoms with E-state index in [1.807, 2.05) is 24.6 Å². The summed E-state index contributed by atoms with van der Waals surface area (Å²) in [5, 5.41) is 0.620. The predicted molar refractivity (Wildman–Crippen MR) is 130 cm³/mol. The van der Waals surface area contributed by atoms with Crippen molar-refractivity contribution in [3.05, 3.63) is 56.4 Å². The van der Waals surface area contributed by atoms with Gasteiger partial charge in [0.1, 0.15) is 10.7 Å². The largest absolute Gasteiger partial charge is 0.371 e. The number of thiophene rings is 1. The van der Waals surface area contributed by atoms with Gasteiger partial charge in [-0.25, -0.2) is 4.98 Å². The molecule has 1 aromatic carbocycles. The second kappa shape index (κ2) is 8.70. The van der Waals surface area contributed by atoms with E-state index < -0.39 is 0 Å². The number of hydrogen-bond acceptors (Lipinski definition) is 5. The van der Waals surface area contributed by atoms with Crippen LogP contribution >= 0.6 is 11.3 Å². The minimum atomic E-state index is -0.0404. The topological polar surface area (TPSA) is 58.4 Å². The van der Waals surface area contributed by atoms with Crippen molar-refractivity contribution in [3.8, 4) is 0 Å². The number of nitrogens with zero attached hydrogens (tertiary/aromatic N) is 4. The molecule has 6 nitrogen and oxygen atoms in total. The average Bonchev–Trinajstić information content (AvgIpc) is 3.36. The molecule has 2 aromatic heterocycles. The average molecular weight is 451 g/mol. The van der Waals surface area contributed by atoms with Gasteiger partial charge in [-0.05, 0) is 49.8 Å². The number of para-hydroxylation sites is 1. The Balaban J connectivity index is 1.46. The van der Waals surface area contributed by atoms with Gasteiger partial charge in [0.15, 0.2) is 0 Å². The van der Waals surface area contributed by atoms with Crippen molar-refractivity contribution in [1.82, 2.24) is 14.5 Å². The van der Waals surface area contributed by atoms with Crippen molar-refractivity contribution in [1.29, 1.82) is 0 Å². The molecule has 0 spiro atoms. The second-order valence-electron chi connectivity index (χ2n) is 9.02. The maximum atomic E-state index is 13.4. The summed E-state index contributed by atoms with van der Waals surface area (Å²) < 4.78 is 1.83. The van der Waals surface area contributed by atoms with E-state index in [0.29, 0.717) is 21.6 Å². The zero-order valence-electron chi connectivity index (χ0n) is 18.9. The molecule has 0 radical (unpaired) electrons. The minimum absolute atomic E-state index is 0.0155. The first-order chi connectivity index (χ1) is 15.5. The fourth-order valence-electron chi connectivity index (χ4n) is 5.03. The lowest BCUT2D eigenvalue weighted by atomic mass is 10.1. The van der Waals surface area contributed by atoms with E-state index in [2.05, 4.69) is 23.1 Å². The smallest absolute Gasteiger partial charge is 0.264 e. The third-order valence-electron chi connectivity index (χ3n) is 6.80. The van der Waals surface area contributed by atoms with Gasteiger partial charge in [-0.2, -0.15) is 0 Å². The Bertz CT molecular complexity index is 1220. The standard InChI is InChI=1S/C25H30N4O2S/c1-17-21-23(26-20-12-4-3-7-15-29(20)24(21)30)32-22(17)25(31)27(2)16-18-10-5-6-11-19(18)28-13-8-9-14-28/h5-6,10-11H,3-4,7-9,12-16H2,1-2H3. The number of benzene rings is 1. The minimum Gasteiger partial charge on any atom is -0.371 e. The molecule has 3 aromatic rings. The van der Waals surface area contributed by atoms with Crippen LogP contribution in [0.15, 0.2) is 29.1 Å². The summed E-state index contributed by atoms with van der Waals surface area (Å²) in [6.07, 6.45) is 6.47. The van der Waals surface area contributed by atoms with Gasteiger partial charge in [-0.15, -0.1) is 11.3 Å². The van der Waals surface area contributed by atoms with Crippen LogP contribution < -0.4 is 10.5 Å². The van der Waals surface area contributed by atoms with Gasteiger partial charge >= 0.3 is 0 Å². The molecular weight excluding hydrogens is 420 g/mol. The lowest BCUT2D eigenvalue weighted by molar-refractivity contribution is 0.0789. The van der Waals surface area contributed by atoms with Crippen LogP contribution in [0.4, 0.5) is 5.69 Å². The molecule has 5 rings (SSSR count). The van der Waals surface area contributed by atoms with E-state index in [1.54, 1.807) is 4.90 Å². The first-order valence-corrected chi connectivity index (χ1v) is 12.5. The van der Waals surface area contributed by atoms with Crippen LogP contribution in [-0.4, -0.2) is 40.5 Å². The fraction of sp³-hybridized carbons (Fsp3) is 0.480. The summed E-state index contributed by atoms with van der Waals surface area (Å²) in [6.45, 7) is 5.31. The molecule has 168 valence electrons. The first kappa shape index (κ1) is 21.2. The van der Waals surface area contributed by atoms with Gasteiger partial charge < -0.3 is 9.80 Å². The van der Waals surface area contributed by atoms with Gasteiger partial charge in [0.25, 0.3) is 11.5 Å². The Morgan fingerprint density at radius 2 is 1.84 bits per heavy atom. The van der Waals surface area contributed by atoms with Gasteiger partial charge in [0, 0.05) is 45.3 Å². The van der Waals surface area contributed by atoms with Crippen LogP contribution in [0.1, 0.15) is 58.7 Å². The van der Waals surface area contributed by atoms with Crippen molar-refractivity contribution in [2.24, 2.45) is 0 Å². The van der Waals surface area contributed by atoms with Crippen LogP contribution in [0.3, 0.4) is 0 Å². The zero-order chi connectivity index (χ0) is 22.2. The van der Waals surface area contributed by atoms with Gasteiger partial charge in [-0.1, -0.05) is 24.6 Å². The van der Waals surface area contributed by atoms with Gasteiger partial charge in [-0.3, -0.25) is 14.2 Å². The maximum Gasteiger partial charge on any atom is 0.264 e. The number of fused-ring (bicyclic) bond motifs is 2. The van der Waals surface area contributed by atoms with Crippen LogP contribution in [0.25, 0.3) is 10.2 Å². The number of hydrogen-bond donors (Lipinski definition) is 0. The Kier molecular flexibility index (Phi) is 5.76. The van der Waals surface area contributed by atoms with Gasteiger partial charge in [0.2, 0.25) is 0 Å². The number of rotatable bonds is 4. The van der Waals surface area contributed by atoms with Crippen LogP contribution in [0.5, 0.6) is 0 Å². The third kappa shape index (κ3) is 3.72. The van der Waals surface area contributed by atoms with Gasteiger partial charge in [0.05, 0.1) is 10.3 Å². The van der Waals surface area contributed by atoms with Crippen molar-refractivity contribution >= 4 is 33.1 Å². The number of amides is 1. The summed E-state index contributed by atoms with van der Waals surface area (Å²) >= 11 is 1.37. The number of carbonyl (C=O) groups excluding carboxylic acids is 1. The molecule has 2 aliphatic heterocycles. The van der Waals surface area contributed by atoms with E-state index in [0.717, 1.165) is 62.3 Å².